The van der Waals surface area contributed by atoms with Crippen molar-refractivity contribution in [2.45, 2.75) is 115 Å². The first-order valence-corrected chi connectivity index (χ1v) is 15.2. The second-order valence-corrected chi connectivity index (χ2v) is 16.0. The molecule has 0 bridgehead atoms. The Hall–Kier alpha value is -0.283. The van der Waals surface area contributed by atoms with Crippen LogP contribution in [0.25, 0.3) is 0 Å². The first-order chi connectivity index (χ1) is 14.9. The number of hydrogen-bond acceptors (Lipinski definition) is 6. The van der Waals surface area contributed by atoms with Gasteiger partial charge in [0.05, 0.1) is 24.9 Å². The van der Waals surface area contributed by atoms with Crippen molar-refractivity contribution in [2.24, 2.45) is 5.92 Å². The molecule has 7 heteroatoms. The SMILES string of the molecule is COCOC(C(C)=CCC1CC(O[Si](C)(C)C(C)(C)C)CC2(CCCCO2)O1)C(C)CO. The van der Waals surface area contributed by atoms with Gasteiger partial charge < -0.3 is 28.5 Å². The van der Waals surface area contributed by atoms with Gasteiger partial charge >= 0.3 is 0 Å². The van der Waals surface area contributed by atoms with E-state index in [-0.39, 0.29) is 42.7 Å². The van der Waals surface area contributed by atoms with Crippen molar-refractivity contribution in [1.82, 2.24) is 0 Å². The Balaban J connectivity index is 2.15. The molecule has 2 fully saturated rings. The highest BCUT2D eigenvalue weighted by Gasteiger charge is 2.47. The van der Waals surface area contributed by atoms with Gasteiger partial charge in [0.1, 0.15) is 6.79 Å². The minimum absolute atomic E-state index is 0.00337. The molecule has 2 aliphatic rings. The quantitative estimate of drug-likeness (QED) is 0.261. The zero-order valence-electron chi connectivity index (χ0n) is 21.7. The lowest BCUT2D eigenvalue weighted by atomic mass is 9.91. The lowest BCUT2D eigenvalue weighted by Gasteiger charge is -2.49. The van der Waals surface area contributed by atoms with Gasteiger partial charge in [0.15, 0.2) is 14.1 Å². The zero-order chi connectivity index (χ0) is 24.0. The van der Waals surface area contributed by atoms with Crippen LogP contribution in [0.2, 0.25) is 18.1 Å². The molecule has 0 saturated carbocycles. The molecule has 188 valence electrons. The van der Waals surface area contributed by atoms with Crippen molar-refractivity contribution >= 4 is 8.32 Å². The molecule has 2 heterocycles. The lowest BCUT2D eigenvalue weighted by Crippen LogP contribution is -2.53. The third kappa shape index (κ3) is 7.62. The molecule has 1 N–H and O–H groups in total. The predicted octanol–water partition coefficient (Wildman–Crippen LogP) is 5.41. The molecule has 6 nitrogen and oxygen atoms in total. The molecule has 5 unspecified atom stereocenters. The van der Waals surface area contributed by atoms with Gasteiger partial charge in [0.25, 0.3) is 0 Å². The van der Waals surface area contributed by atoms with Gasteiger partial charge in [-0.15, -0.1) is 0 Å². The largest absolute Gasteiger partial charge is 0.414 e. The molecule has 0 aromatic rings. The van der Waals surface area contributed by atoms with Crippen LogP contribution in [0.1, 0.15) is 73.1 Å². The highest BCUT2D eigenvalue weighted by Crippen LogP contribution is 2.43. The molecular weight excluding hydrogens is 424 g/mol. The predicted molar refractivity (Wildman–Crippen MR) is 130 cm³/mol. The van der Waals surface area contributed by atoms with Gasteiger partial charge in [-0.1, -0.05) is 33.8 Å². The average Bonchev–Trinajstić information content (AvgIpc) is 2.71. The van der Waals surface area contributed by atoms with E-state index in [4.69, 9.17) is 23.4 Å². The second-order valence-electron chi connectivity index (χ2n) is 11.2. The van der Waals surface area contributed by atoms with Crippen molar-refractivity contribution in [3.8, 4) is 0 Å². The molecule has 1 spiro atoms. The van der Waals surface area contributed by atoms with Crippen LogP contribution in [0.4, 0.5) is 0 Å². The Morgan fingerprint density at radius 3 is 2.56 bits per heavy atom. The van der Waals surface area contributed by atoms with Gasteiger partial charge in [-0.3, -0.25) is 0 Å². The Labute approximate surface area is 197 Å². The first-order valence-electron chi connectivity index (χ1n) is 12.3. The summed E-state index contributed by atoms with van der Waals surface area (Å²) in [5.74, 6) is -0.517. The fraction of sp³-hybridized carbons (Fsp3) is 0.920. The van der Waals surface area contributed by atoms with Gasteiger partial charge in [0, 0.05) is 32.5 Å². The maximum absolute atomic E-state index is 9.64. The smallest absolute Gasteiger partial charge is 0.192 e. The molecule has 32 heavy (non-hydrogen) atoms. The first kappa shape index (κ1) is 28.0. The Kier molecular flexibility index (Phi) is 10.4. The number of aliphatic hydroxyl groups excluding tert-OH is 1. The van der Waals surface area contributed by atoms with E-state index in [1.54, 1.807) is 7.11 Å². The monoisotopic (exact) mass is 472 g/mol. The number of methoxy groups -OCH3 is 1. The van der Waals surface area contributed by atoms with E-state index >= 15 is 0 Å². The molecule has 0 aliphatic carbocycles. The van der Waals surface area contributed by atoms with E-state index in [0.29, 0.717) is 0 Å². The fourth-order valence-electron chi connectivity index (χ4n) is 4.45. The van der Waals surface area contributed by atoms with E-state index in [9.17, 15) is 5.11 Å². The van der Waals surface area contributed by atoms with Gasteiger partial charge in [-0.05, 0) is 56.3 Å². The van der Waals surface area contributed by atoms with E-state index < -0.39 is 14.1 Å². The summed E-state index contributed by atoms with van der Waals surface area (Å²) in [7, 11) is -0.275. The minimum Gasteiger partial charge on any atom is -0.414 e. The van der Waals surface area contributed by atoms with Crippen molar-refractivity contribution in [1.29, 1.82) is 0 Å². The van der Waals surface area contributed by atoms with Crippen molar-refractivity contribution in [2.75, 3.05) is 27.1 Å². The maximum Gasteiger partial charge on any atom is 0.192 e. The van der Waals surface area contributed by atoms with Crippen LogP contribution in [-0.2, 0) is 23.4 Å². The third-order valence-electron chi connectivity index (χ3n) is 7.35. The average molecular weight is 473 g/mol. The standard InChI is InChI=1S/C25H48O6Si/c1-19(23(20(2)17-26)28-18-27-6)11-12-21-15-22(31-32(7,8)24(3,4)5)16-25(30-21)13-9-10-14-29-25/h11,20-23,26H,9-10,12-18H2,1-8H3. The molecule has 2 rings (SSSR count). The molecule has 0 aromatic carbocycles. The van der Waals surface area contributed by atoms with E-state index in [0.717, 1.165) is 50.7 Å². The van der Waals surface area contributed by atoms with Crippen molar-refractivity contribution in [3.63, 3.8) is 0 Å². The summed E-state index contributed by atoms with van der Waals surface area (Å²) in [4.78, 5) is 0. The van der Waals surface area contributed by atoms with Crippen LogP contribution < -0.4 is 0 Å². The van der Waals surface area contributed by atoms with Crippen LogP contribution in [0.5, 0.6) is 0 Å². The molecule has 2 aliphatic heterocycles. The summed E-state index contributed by atoms with van der Waals surface area (Å²) >= 11 is 0. The molecular formula is C25H48O6Si. The summed E-state index contributed by atoms with van der Waals surface area (Å²) < 4.78 is 30.6. The Morgan fingerprint density at radius 1 is 1.28 bits per heavy atom. The summed E-state index contributed by atoms with van der Waals surface area (Å²) in [6.07, 6.45) is 7.85. The normalized spacial score (nSPS) is 29.8. The molecule has 0 radical (unpaired) electrons. The topological polar surface area (TPSA) is 66.4 Å². The van der Waals surface area contributed by atoms with Crippen molar-refractivity contribution < 1.29 is 28.5 Å². The highest BCUT2D eigenvalue weighted by molar-refractivity contribution is 6.74. The Morgan fingerprint density at radius 2 is 2.00 bits per heavy atom. The van der Waals surface area contributed by atoms with Crippen LogP contribution in [0.3, 0.4) is 0 Å². The number of aliphatic hydroxyl groups is 1. The summed E-state index contributed by atoms with van der Waals surface area (Å²) in [5.41, 5.74) is 1.10. The van der Waals surface area contributed by atoms with Gasteiger partial charge in [0.2, 0.25) is 0 Å². The molecule has 0 aromatic heterocycles. The van der Waals surface area contributed by atoms with E-state index in [2.05, 4.69) is 46.9 Å². The maximum atomic E-state index is 9.64. The van der Waals surface area contributed by atoms with Crippen LogP contribution in [0.15, 0.2) is 11.6 Å². The van der Waals surface area contributed by atoms with Crippen LogP contribution >= 0.6 is 0 Å². The van der Waals surface area contributed by atoms with E-state index in [1.165, 1.54) is 0 Å². The van der Waals surface area contributed by atoms with Crippen LogP contribution in [-0.4, -0.2) is 64.6 Å². The Bertz CT molecular complexity index is 594. The fourth-order valence-corrected chi connectivity index (χ4v) is 5.81. The minimum atomic E-state index is -1.89. The third-order valence-corrected chi connectivity index (χ3v) is 11.9. The lowest BCUT2D eigenvalue weighted by molar-refractivity contribution is -0.307. The summed E-state index contributed by atoms with van der Waals surface area (Å²) in [5, 5.41) is 9.81. The van der Waals surface area contributed by atoms with Gasteiger partial charge in [-0.2, -0.15) is 0 Å². The summed E-state index contributed by atoms with van der Waals surface area (Å²) in [6.45, 7) is 16.6. The van der Waals surface area contributed by atoms with Gasteiger partial charge in [-0.25, -0.2) is 0 Å². The molecule has 2 saturated heterocycles. The van der Waals surface area contributed by atoms with Crippen molar-refractivity contribution in [3.05, 3.63) is 11.6 Å². The summed E-state index contributed by atoms with van der Waals surface area (Å²) in [6, 6.07) is 0. The number of ether oxygens (including phenoxy) is 4. The zero-order valence-corrected chi connectivity index (χ0v) is 22.7. The number of rotatable bonds is 10. The molecule has 0 amide bonds. The highest BCUT2D eigenvalue weighted by atomic mass is 28.4. The number of hydrogen-bond donors (Lipinski definition) is 1. The van der Waals surface area contributed by atoms with E-state index in [1.807, 2.05) is 6.92 Å². The van der Waals surface area contributed by atoms with Crippen LogP contribution in [0, 0.1) is 5.92 Å². The molecule has 5 atom stereocenters. The second kappa shape index (κ2) is 11.9.